The summed E-state index contributed by atoms with van der Waals surface area (Å²) in [5.74, 6) is 1.54. The van der Waals surface area contributed by atoms with Crippen molar-refractivity contribution in [3.05, 3.63) is 35.4 Å². The van der Waals surface area contributed by atoms with Crippen LogP contribution in [0.4, 0.5) is 0 Å². The van der Waals surface area contributed by atoms with E-state index in [9.17, 15) is 10.2 Å². The van der Waals surface area contributed by atoms with E-state index in [1.54, 1.807) is 7.11 Å². The molecule has 1 spiro atoms. The van der Waals surface area contributed by atoms with E-state index in [-0.39, 0.29) is 23.5 Å². The van der Waals surface area contributed by atoms with Gasteiger partial charge in [-0.25, -0.2) is 0 Å². The van der Waals surface area contributed by atoms with Gasteiger partial charge in [0.15, 0.2) is 11.5 Å². The monoisotopic (exact) mass is 315 g/mol. The number of aliphatic hydroxyl groups excluding tert-OH is 2. The van der Waals surface area contributed by atoms with Gasteiger partial charge in [-0.3, -0.25) is 4.90 Å². The Morgan fingerprint density at radius 3 is 2.91 bits per heavy atom. The van der Waals surface area contributed by atoms with Crippen molar-refractivity contribution >= 4 is 0 Å². The summed E-state index contributed by atoms with van der Waals surface area (Å²) in [4.78, 5) is 2.24. The zero-order valence-corrected chi connectivity index (χ0v) is 13.3. The molecule has 1 saturated heterocycles. The highest BCUT2D eigenvalue weighted by molar-refractivity contribution is 5.62. The Morgan fingerprint density at radius 1 is 1.30 bits per heavy atom. The third-order valence-corrected chi connectivity index (χ3v) is 6.41. The van der Waals surface area contributed by atoms with Crippen LogP contribution in [0, 0.1) is 5.92 Å². The second-order valence-corrected chi connectivity index (χ2v) is 7.21. The fourth-order valence-electron chi connectivity index (χ4n) is 5.45. The van der Waals surface area contributed by atoms with E-state index in [2.05, 4.69) is 18.0 Å². The molecule has 2 N–H and O–H groups in total. The first-order chi connectivity index (χ1) is 11.1. The Bertz CT molecular complexity index is 717. The van der Waals surface area contributed by atoms with Gasteiger partial charge in [0.1, 0.15) is 12.2 Å². The number of methoxy groups -OCH3 is 1. The summed E-state index contributed by atoms with van der Waals surface area (Å²) < 4.78 is 11.7. The van der Waals surface area contributed by atoms with Crippen LogP contribution in [0.5, 0.6) is 11.5 Å². The molecular weight excluding hydrogens is 294 g/mol. The summed E-state index contributed by atoms with van der Waals surface area (Å²) >= 11 is 0. The van der Waals surface area contributed by atoms with Crippen LogP contribution in [0.15, 0.2) is 24.3 Å². The zero-order chi connectivity index (χ0) is 15.9. The molecule has 2 aliphatic heterocycles. The number of rotatable bonds is 1. The highest BCUT2D eigenvalue weighted by atomic mass is 16.5. The van der Waals surface area contributed by atoms with Gasteiger partial charge in [0.05, 0.1) is 13.2 Å². The van der Waals surface area contributed by atoms with Crippen molar-refractivity contribution in [2.24, 2.45) is 5.92 Å². The zero-order valence-electron chi connectivity index (χ0n) is 13.3. The van der Waals surface area contributed by atoms with Crippen molar-refractivity contribution in [3.8, 4) is 11.5 Å². The van der Waals surface area contributed by atoms with Gasteiger partial charge in [-0.2, -0.15) is 0 Å². The van der Waals surface area contributed by atoms with Crippen molar-refractivity contribution in [3.63, 3.8) is 0 Å². The van der Waals surface area contributed by atoms with E-state index >= 15 is 0 Å². The van der Waals surface area contributed by atoms with E-state index in [1.165, 1.54) is 0 Å². The molecule has 1 fully saturated rings. The standard InChI is InChI=1S/C18H21NO4/c1-19-8-7-18-10-4-5-11(20)17(18)23-16-12(22-2)6-3-9(13(16)18)15(21)14(10)19/h3-6,10-11,14-15,17,20-21H,7-8H2,1-2H3/t10?,11?,14?,15?,17?,18-/m0/s1. The predicted octanol–water partition coefficient (Wildman–Crippen LogP) is 0.992. The van der Waals surface area contributed by atoms with Crippen molar-refractivity contribution < 1.29 is 19.7 Å². The first-order valence-corrected chi connectivity index (χ1v) is 8.22. The summed E-state index contributed by atoms with van der Waals surface area (Å²) in [5.41, 5.74) is 1.73. The molecule has 0 aromatic heterocycles. The van der Waals surface area contributed by atoms with Crippen LogP contribution in [0.1, 0.15) is 23.7 Å². The lowest BCUT2D eigenvalue weighted by Crippen LogP contribution is -2.65. The molecule has 1 aromatic carbocycles. The minimum absolute atomic E-state index is 0.0189. The van der Waals surface area contributed by atoms with E-state index < -0.39 is 12.2 Å². The Hall–Kier alpha value is -1.56. The van der Waals surface area contributed by atoms with Crippen LogP contribution >= 0.6 is 0 Å². The van der Waals surface area contributed by atoms with Gasteiger partial charge in [0, 0.05) is 22.9 Å². The summed E-state index contributed by atoms with van der Waals surface area (Å²) in [5, 5.41) is 21.6. The minimum atomic E-state index is -0.629. The van der Waals surface area contributed by atoms with Gasteiger partial charge in [0.25, 0.3) is 0 Å². The van der Waals surface area contributed by atoms with E-state index in [0.717, 1.165) is 24.1 Å². The van der Waals surface area contributed by atoms with Gasteiger partial charge < -0.3 is 19.7 Å². The number of likely N-dealkylation sites (N-methyl/N-ethyl adjacent to an activating group) is 1. The predicted molar refractivity (Wildman–Crippen MR) is 83.7 cm³/mol. The van der Waals surface area contributed by atoms with E-state index in [4.69, 9.17) is 9.47 Å². The smallest absolute Gasteiger partial charge is 0.166 e. The fourth-order valence-corrected chi connectivity index (χ4v) is 5.45. The molecule has 4 aliphatic rings. The molecule has 0 saturated carbocycles. The molecule has 23 heavy (non-hydrogen) atoms. The Labute approximate surface area is 135 Å². The molecule has 1 aromatic rings. The quantitative estimate of drug-likeness (QED) is 0.757. The average Bonchev–Trinajstić information content (AvgIpc) is 2.90. The number of benzene rings is 1. The third-order valence-electron chi connectivity index (χ3n) is 6.41. The number of ether oxygens (including phenoxy) is 2. The van der Waals surface area contributed by atoms with Gasteiger partial charge in [-0.1, -0.05) is 18.2 Å². The van der Waals surface area contributed by atoms with Crippen LogP contribution in [-0.2, 0) is 5.41 Å². The molecule has 5 nitrogen and oxygen atoms in total. The lowest BCUT2D eigenvalue weighted by Gasteiger charge is -2.57. The van der Waals surface area contributed by atoms with Gasteiger partial charge >= 0.3 is 0 Å². The van der Waals surface area contributed by atoms with Crippen molar-refractivity contribution in [2.75, 3.05) is 20.7 Å². The average molecular weight is 315 g/mol. The maximum absolute atomic E-state index is 11.0. The van der Waals surface area contributed by atoms with Crippen molar-refractivity contribution in [1.82, 2.24) is 4.90 Å². The number of likely N-dealkylation sites (tertiary alicyclic amines) is 1. The first kappa shape index (κ1) is 13.8. The SMILES string of the molecule is COc1ccc2c3c1OC1C(O)C=CC4C(C2O)N(C)CC[C@@]341. The summed E-state index contributed by atoms with van der Waals surface area (Å²) in [6.07, 6.45) is 3.35. The van der Waals surface area contributed by atoms with Gasteiger partial charge in [-0.05, 0) is 31.6 Å². The van der Waals surface area contributed by atoms with Crippen molar-refractivity contribution in [2.45, 2.75) is 36.2 Å². The molecule has 6 atom stereocenters. The molecule has 5 rings (SSSR count). The maximum Gasteiger partial charge on any atom is 0.166 e. The molecule has 2 bridgehead atoms. The number of nitrogens with zero attached hydrogens (tertiary/aromatic N) is 1. The highest BCUT2D eigenvalue weighted by Gasteiger charge is 2.66. The lowest BCUT2D eigenvalue weighted by atomic mass is 9.52. The van der Waals surface area contributed by atoms with Crippen molar-refractivity contribution in [1.29, 1.82) is 0 Å². The fraction of sp³-hybridized carbons (Fsp3) is 0.556. The summed E-state index contributed by atoms with van der Waals surface area (Å²) in [6, 6.07) is 3.84. The Balaban J connectivity index is 1.85. The second kappa shape index (κ2) is 4.29. The third kappa shape index (κ3) is 1.40. The molecule has 0 amide bonds. The van der Waals surface area contributed by atoms with Crippen LogP contribution < -0.4 is 9.47 Å². The molecular formula is C18H21NO4. The minimum Gasteiger partial charge on any atom is -0.493 e. The van der Waals surface area contributed by atoms with Crippen LogP contribution in [0.2, 0.25) is 0 Å². The molecule has 5 unspecified atom stereocenters. The van der Waals surface area contributed by atoms with Crippen LogP contribution in [0.25, 0.3) is 0 Å². The largest absolute Gasteiger partial charge is 0.493 e. The number of aliphatic hydroxyl groups is 2. The first-order valence-electron chi connectivity index (χ1n) is 8.22. The molecule has 0 radical (unpaired) electrons. The highest BCUT2D eigenvalue weighted by Crippen LogP contribution is 2.64. The van der Waals surface area contributed by atoms with E-state index in [0.29, 0.717) is 11.5 Å². The second-order valence-electron chi connectivity index (χ2n) is 7.21. The summed E-state index contributed by atoms with van der Waals surface area (Å²) in [7, 11) is 3.70. The Morgan fingerprint density at radius 2 is 2.13 bits per heavy atom. The van der Waals surface area contributed by atoms with Crippen LogP contribution in [0.3, 0.4) is 0 Å². The molecule has 122 valence electrons. The number of piperidine rings is 1. The maximum atomic E-state index is 11.0. The summed E-state index contributed by atoms with van der Waals surface area (Å²) in [6.45, 7) is 0.884. The molecule has 2 aliphatic carbocycles. The number of hydrogen-bond acceptors (Lipinski definition) is 5. The Kier molecular flexibility index (Phi) is 2.58. The van der Waals surface area contributed by atoms with E-state index in [1.807, 2.05) is 18.2 Å². The van der Waals surface area contributed by atoms with Gasteiger partial charge in [-0.15, -0.1) is 0 Å². The normalized spacial score (nSPS) is 43.0. The van der Waals surface area contributed by atoms with Crippen LogP contribution in [-0.4, -0.2) is 54.1 Å². The molecule has 2 heterocycles. The topological polar surface area (TPSA) is 62.2 Å². The number of hydrogen-bond donors (Lipinski definition) is 2. The van der Waals surface area contributed by atoms with Gasteiger partial charge in [0.2, 0.25) is 0 Å². The molecule has 5 heteroatoms. The lowest BCUT2D eigenvalue weighted by molar-refractivity contribution is -0.0823.